The fraction of sp³-hybridized carbons (Fsp3) is 0.389. The van der Waals surface area contributed by atoms with Gasteiger partial charge in [-0.1, -0.05) is 67.8 Å². The average molecular weight is 252 g/mol. The van der Waals surface area contributed by atoms with Gasteiger partial charge in [-0.3, -0.25) is 4.79 Å². The first kappa shape index (κ1) is 12.4. The molecule has 1 nitrogen and oxygen atoms in total. The van der Waals surface area contributed by atoms with E-state index in [1.54, 1.807) is 0 Å². The molecule has 19 heavy (non-hydrogen) atoms. The number of carbonyl (C=O) groups excluding carboxylic acids is 1. The third-order valence-corrected chi connectivity index (χ3v) is 4.37. The molecule has 1 aromatic carbocycles. The second-order valence-corrected chi connectivity index (χ2v) is 5.53. The molecule has 0 spiro atoms. The number of hydrogen-bond donors (Lipinski definition) is 0. The summed E-state index contributed by atoms with van der Waals surface area (Å²) in [7, 11) is 0. The van der Waals surface area contributed by atoms with Crippen molar-refractivity contribution in [1.82, 2.24) is 0 Å². The SMILES string of the molecule is CCCCC1C2=CC=CCC2C(=O)c2ccccc21. The maximum absolute atomic E-state index is 12.6. The molecule has 0 bridgehead atoms. The van der Waals surface area contributed by atoms with E-state index in [1.807, 2.05) is 12.1 Å². The maximum Gasteiger partial charge on any atom is 0.170 e. The van der Waals surface area contributed by atoms with Crippen molar-refractivity contribution in [2.45, 2.75) is 38.5 Å². The molecule has 0 radical (unpaired) electrons. The van der Waals surface area contributed by atoms with Crippen LogP contribution in [0.4, 0.5) is 0 Å². The van der Waals surface area contributed by atoms with Gasteiger partial charge in [0.2, 0.25) is 0 Å². The predicted molar refractivity (Wildman–Crippen MR) is 78.4 cm³/mol. The Bertz CT molecular complexity index is 551. The number of allylic oxidation sites excluding steroid dienone is 4. The minimum atomic E-state index is 0.0988. The van der Waals surface area contributed by atoms with Gasteiger partial charge in [0.15, 0.2) is 5.78 Å². The van der Waals surface area contributed by atoms with Crippen LogP contribution < -0.4 is 0 Å². The Morgan fingerprint density at radius 1 is 1.26 bits per heavy atom. The molecule has 0 aromatic heterocycles. The van der Waals surface area contributed by atoms with Crippen LogP contribution in [-0.2, 0) is 0 Å². The van der Waals surface area contributed by atoms with Crippen LogP contribution in [0.25, 0.3) is 0 Å². The summed E-state index contributed by atoms with van der Waals surface area (Å²) in [4.78, 5) is 12.6. The quantitative estimate of drug-likeness (QED) is 0.764. The number of benzene rings is 1. The molecule has 2 aliphatic carbocycles. The van der Waals surface area contributed by atoms with Crippen LogP contribution in [0.1, 0.15) is 54.4 Å². The first-order chi connectivity index (χ1) is 9.33. The molecule has 1 heteroatoms. The van der Waals surface area contributed by atoms with E-state index >= 15 is 0 Å². The van der Waals surface area contributed by atoms with E-state index in [9.17, 15) is 4.79 Å². The normalized spacial score (nSPS) is 24.7. The van der Waals surface area contributed by atoms with Crippen molar-refractivity contribution in [3.8, 4) is 0 Å². The number of hydrogen-bond acceptors (Lipinski definition) is 1. The van der Waals surface area contributed by atoms with Crippen molar-refractivity contribution in [3.63, 3.8) is 0 Å². The summed E-state index contributed by atoms with van der Waals surface area (Å²) in [5, 5.41) is 0. The number of Topliss-reactive ketones (excluding diaryl/α,β-unsaturated/α-hetero) is 1. The molecule has 0 saturated carbocycles. The van der Waals surface area contributed by atoms with Gasteiger partial charge in [0.1, 0.15) is 0 Å². The lowest BCUT2D eigenvalue weighted by molar-refractivity contribution is 0.0926. The van der Waals surface area contributed by atoms with Crippen molar-refractivity contribution in [2.24, 2.45) is 5.92 Å². The van der Waals surface area contributed by atoms with Crippen molar-refractivity contribution < 1.29 is 4.79 Å². The van der Waals surface area contributed by atoms with E-state index in [0.29, 0.717) is 11.7 Å². The van der Waals surface area contributed by atoms with Crippen LogP contribution in [0.15, 0.2) is 48.1 Å². The Morgan fingerprint density at radius 2 is 2.11 bits per heavy atom. The minimum absolute atomic E-state index is 0.0988. The summed E-state index contributed by atoms with van der Waals surface area (Å²) < 4.78 is 0. The molecule has 0 fully saturated rings. The minimum Gasteiger partial charge on any atom is -0.293 e. The van der Waals surface area contributed by atoms with Gasteiger partial charge in [-0.2, -0.15) is 0 Å². The number of fused-ring (bicyclic) bond motifs is 2. The summed E-state index contributed by atoms with van der Waals surface area (Å²) in [5.41, 5.74) is 3.56. The second-order valence-electron chi connectivity index (χ2n) is 5.53. The van der Waals surface area contributed by atoms with Gasteiger partial charge in [0.05, 0.1) is 0 Å². The number of unbranched alkanes of at least 4 members (excludes halogenated alkanes) is 1. The van der Waals surface area contributed by atoms with Gasteiger partial charge >= 0.3 is 0 Å². The number of ketones is 1. The molecule has 0 saturated heterocycles. The molecular weight excluding hydrogens is 232 g/mol. The molecule has 98 valence electrons. The van der Waals surface area contributed by atoms with E-state index in [1.165, 1.54) is 24.0 Å². The lowest BCUT2D eigenvalue weighted by Crippen LogP contribution is -2.29. The Labute approximate surface area is 115 Å². The van der Waals surface area contributed by atoms with Gasteiger partial charge in [-0.25, -0.2) is 0 Å². The van der Waals surface area contributed by atoms with Crippen LogP contribution in [0, 0.1) is 5.92 Å². The maximum atomic E-state index is 12.6. The summed E-state index contributed by atoms with van der Waals surface area (Å²) in [5.74, 6) is 0.865. The third-order valence-electron chi connectivity index (χ3n) is 4.37. The lowest BCUT2D eigenvalue weighted by Gasteiger charge is -2.34. The molecule has 1 aromatic rings. The Morgan fingerprint density at radius 3 is 2.95 bits per heavy atom. The third kappa shape index (κ3) is 2.07. The first-order valence-corrected chi connectivity index (χ1v) is 7.32. The molecular formula is C18H20O. The van der Waals surface area contributed by atoms with E-state index in [2.05, 4.69) is 37.3 Å². The fourth-order valence-electron chi connectivity index (χ4n) is 3.39. The lowest BCUT2D eigenvalue weighted by atomic mass is 9.68. The van der Waals surface area contributed by atoms with E-state index in [-0.39, 0.29) is 5.92 Å². The van der Waals surface area contributed by atoms with Crippen LogP contribution >= 0.6 is 0 Å². The van der Waals surface area contributed by atoms with E-state index < -0.39 is 0 Å². The predicted octanol–water partition coefficient (Wildman–Crippen LogP) is 4.66. The highest BCUT2D eigenvalue weighted by atomic mass is 16.1. The Balaban J connectivity index is 2.08. The van der Waals surface area contributed by atoms with Crippen LogP contribution in [0.5, 0.6) is 0 Å². The Kier molecular flexibility index (Phi) is 3.37. The zero-order valence-corrected chi connectivity index (χ0v) is 11.4. The van der Waals surface area contributed by atoms with Gasteiger partial charge in [-0.15, -0.1) is 0 Å². The molecule has 0 aliphatic heterocycles. The first-order valence-electron chi connectivity index (χ1n) is 7.32. The standard InChI is InChI=1S/C18H20O/c1-2-3-8-13-14-9-4-6-11-16(14)18(19)17-12-7-5-10-15(13)17/h4-7,9-11,13,17H,2-3,8,12H2,1H3. The molecule has 3 rings (SSSR count). The monoisotopic (exact) mass is 252 g/mol. The average Bonchev–Trinajstić information content (AvgIpc) is 2.47. The van der Waals surface area contributed by atoms with Crippen molar-refractivity contribution in [2.75, 3.05) is 0 Å². The molecule has 2 unspecified atom stereocenters. The van der Waals surface area contributed by atoms with Crippen molar-refractivity contribution in [3.05, 3.63) is 59.2 Å². The molecule has 2 atom stereocenters. The highest BCUT2D eigenvalue weighted by molar-refractivity contribution is 6.03. The number of rotatable bonds is 3. The second kappa shape index (κ2) is 5.16. The van der Waals surface area contributed by atoms with Crippen molar-refractivity contribution in [1.29, 1.82) is 0 Å². The number of carbonyl (C=O) groups is 1. The van der Waals surface area contributed by atoms with Crippen molar-refractivity contribution >= 4 is 5.78 Å². The highest BCUT2D eigenvalue weighted by Crippen LogP contribution is 2.44. The van der Waals surface area contributed by atoms with E-state index in [4.69, 9.17) is 0 Å². The molecule has 0 heterocycles. The van der Waals surface area contributed by atoms with Gasteiger partial charge in [-0.05, 0) is 18.4 Å². The summed E-state index contributed by atoms with van der Waals surface area (Å²) >= 11 is 0. The molecule has 2 aliphatic rings. The van der Waals surface area contributed by atoms with E-state index in [0.717, 1.165) is 18.4 Å². The Hall–Kier alpha value is -1.63. The fourth-order valence-corrected chi connectivity index (χ4v) is 3.39. The molecule has 0 N–H and O–H groups in total. The van der Waals surface area contributed by atoms with Crippen LogP contribution in [-0.4, -0.2) is 5.78 Å². The van der Waals surface area contributed by atoms with Crippen LogP contribution in [0.3, 0.4) is 0 Å². The zero-order chi connectivity index (χ0) is 13.2. The molecule has 0 amide bonds. The van der Waals surface area contributed by atoms with Crippen LogP contribution in [0.2, 0.25) is 0 Å². The largest absolute Gasteiger partial charge is 0.293 e. The van der Waals surface area contributed by atoms with Gasteiger partial charge < -0.3 is 0 Å². The summed E-state index contributed by atoms with van der Waals surface area (Å²) in [6, 6.07) is 8.19. The van der Waals surface area contributed by atoms with Gasteiger partial charge in [0, 0.05) is 17.4 Å². The summed E-state index contributed by atoms with van der Waals surface area (Å²) in [6.07, 6.45) is 10.9. The zero-order valence-electron chi connectivity index (χ0n) is 11.4. The topological polar surface area (TPSA) is 17.1 Å². The summed E-state index contributed by atoms with van der Waals surface area (Å²) in [6.45, 7) is 2.23. The smallest absolute Gasteiger partial charge is 0.170 e. The van der Waals surface area contributed by atoms with Gasteiger partial charge in [0.25, 0.3) is 0 Å². The highest BCUT2D eigenvalue weighted by Gasteiger charge is 2.36.